The number of hydrogen-bond acceptors (Lipinski definition) is 4. The second-order valence-electron chi connectivity index (χ2n) is 3.46. The number of benzene rings is 1. The van der Waals surface area contributed by atoms with Crippen molar-refractivity contribution in [1.82, 2.24) is 0 Å². The lowest BCUT2D eigenvalue weighted by Crippen LogP contribution is -2.08. The van der Waals surface area contributed by atoms with Crippen LogP contribution >= 0.6 is 0 Å². The van der Waals surface area contributed by atoms with Gasteiger partial charge in [-0.05, 0) is 24.6 Å². The number of anilines is 1. The van der Waals surface area contributed by atoms with Crippen molar-refractivity contribution in [3.8, 4) is 5.75 Å². The Morgan fingerprint density at radius 2 is 2.19 bits per heavy atom. The average molecular weight is 223 g/mol. The average Bonchev–Trinajstić information content (AvgIpc) is 2.27. The van der Waals surface area contributed by atoms with Gasteiger partial charge in [-0.3, -0.25) is 4.79 Å². The van der Waals surface area contributed by atoms with Crippen molar-refractivity contribution < 1.29 is 14.3 Å². The Kier molecular flexibility index (Phi) is 4.79. The van der Waals surface area contributed by atoms with Crippen LogP contribution < -0.4 is 10.5 Å². The van der Waals surface area contributed by atoms with Gasteiger partial charge in [0.2, 0.25) is 0 Å². The summed E-state index contributed by atoms with van der Waals surface area (Å²) in [5.74, 6) is 0.534. The minimum atomic E-state index is -0.0868. The number of hydrogen-bond donors (Lipinski definition) is 1. The van der Waals surface area contributed by atoms with Gasteiger partial charge in [-0.1, -0.05) is 6.92 Å². The number of carbonyl (C=O) groups excluding carboxylic acids is 1. The van der Waals surface area contributed by atoms with E-state index in [9.17, 15) is 4.79 Å². The molecule has 88 valence electrons. The molecule has 0 fully saturated rings. The molecule has 0 aromatic heterocycles. The topological polar surface area (TPSA) is 61.5 Å². The first-order chi connectivity index (χ1) is 7.69. The van der Waals surface area contributed by atoms with Gasteiger partial charge < -0.3 is 15.2 Å². The standard InChI is InChI=1S/C12H17NO3/c1-3-6-16-12-5-4-9(7-10(12)13)11(14)8-15-2/h4-5,7H,3,6,8,13H2,1-2H3. The molecule has 1 aromatic rings. The number of Topliss-reactive ketones (excluding diaryl/α,β-unsaturated/α-hetero) is 1. The Balaban J connectivity index is 2.78. The van der Waals surface area contributed by atoms with Gasteiger partial charge in [-0.25, -0.2) is 0 Å². The van der Waals surface area contributed by atoms with E-state index in [-0.39, 0.29) is 12.4 Å². The fourth-order valence-electron chi connectivity index (χ4n) is 1.28. The van der Waals surface area contributed by atoms with Crippen LogP contribution in [0.4, 0.5) is 5.69 Å². The van der Waals surface area contributed by atoms with Crippen molar-refractivity contribution in [3.05, 3.63) is 23.8 Å². The van der Waals surface area contributed by atoms with Gasteiger partial charge in [0.1, 0.15) is 12.4 Å². The molecule has 16 heavy (non-hydrogen) atoms. The highest BCUT2D eigenvalue weighted by Gasteiger charge is 2.08. The summed E-state index contributed by atoms with van der Waals surface area (Å²) in [5, 5.41) is 0. The van der Waals surface area contributed by atoms with Crippen molar-refractivity contribution in [2.75, 3.05) is 26.1 Å². The number of ether oxygens (including phenoxy) is 2. The minimum Gasteiger partial charge on any atom is -0.491 e. The first-order valence-corrected chi connectivity index (χ1v) is 5.23. The summed E-state index contributed by atoms with van der Waals surface area (Å²) in [6, 6.07) is 5.03. The van der Waals surface area contributed by atoms with E-state index in [1.54, 1.807) is 18.2 Å². The van der Waals surface area contributed by atoms with Crippen molar-refractivity contribution >= 4 is 11.5 Å². The van der Waals surface area contributed by atoms with E-state index in [1.807, 2.05) is 6.92 Å². The number of nitrogens with two attached hydrogens (primary N) is 1. The van der Waals surface area contributed by atoms with Crippen LogP contribution in [-0.4, -0.2) is 26.1 Å². The van der Waals surface area contributed by atoms with E-state index in [2.05, 4.69) is 0 Å². The molecule has 0 amide bonds. The first kappa shape index (κ1) is 12.5. The summed E-state index contributed by atoms with van der Waals surface area (Å²) >= 11 is 0. The van der Waals surface area contributed by atoms with Crippen LogP contribution in [0.5, 0.6) is 5.75 Å². The number of nitrogen functional groups attached to an aromatic ring is 1. The third kappa shape index (κ3) is 3.24. The molecule has 1 aromatic carbocycles. The van der Waals surface area contributed by atoms with E-state index >= 15 is 0 Å². The molecule has 0 aliphatic heterocycles. The van der Waals surface area contributed by atoms with Crippen LogP contribution in [0.2, 0.25) is 0 Å². The molecule has 0 heterocycles. The molecule has 0 saturated heterocycles. The van der Waals surface area contributed by atoms with Crippen molar-refractivity contribution in [1.29, 1.82) is 0 Å². The quantitative estimate of drug-likeness (QED) is 0.591. The van der Waals surface area contributed by atoms with Crippen LogP contribution in [0.15, 0.2) is 18.2 Å². The third-order valence-electron chi connectivity index (χ3n) is 2.07. The van der Waals surface area contributed by atoms with Gasteiger partial charge in [-0.2, -0.15) is 0 Å². The lowest BCUT2D eigenvalue weighted by molar-refractivity contribution is 0.0848. The normalized spacial score (nSPS) is 10.1. The van der Waals surface area contributed by atoms with Crippen molar-refractivity contribution in [2.24, 2.45) is 0 Å². The summed E-state index contributed by atoms with van der Waals surface area (Å²) in [5.41, 5.74) is 6.80. The van der Waals surface area contributed by atoms with Crippen LogP contribution in [0, 0.1) is 0 Å². The Morgan fingerprint density at radius 3 is 2.75 bits per heavy atom. The smallest absolute Gasteiger partial charge is 0.188 e. The maximum absolute atomic E-state index is 11.5. The Morgan fingerprint density at radius 1 is 1.44 bits per heavy atom. The highest BCUT2D eigenvalue weighted by molar-refractivity contribution is 5.98. The monoisotopic (exact) mass is 223 g/mol. The number of methoxy groups -OCH3 is 1. The Bertz CT molecular complexity index is 363. The number of carbonyl (C=O) groups is 1. The van der Waals surface area contributed by atoms with Gasteiger partial charge in [0.15, 0.2) is 5.78 Å². The lowest BCUT2D eigenvalue weighted by atomic mass is 10.1. The zero-order valence-corrected chi connectivity index (χ0v) is 9.66. The number of ketones is 1. The molecule has 0 bridgehead atoms. The molecular formula is C12H17NO3. The molecule has 0 spiro atoms. The molecule has 0 saturated carbocycles. The van der Waals surface area contributed by atoms with Gasteiger partial charge in [0.05, 0.1) is 12.3 Å². The molecule has 0 atom stereocenters. The summed E-state index contributed by atoms with van der Waals surface area (Å²) in [4.78, 5) is 11.5. The van der Waals surface area contributed by atoms with Crippen LogP contribution in [0.1, 0.15) is 23.7 Å². The second-order valence-corrected chi connectivity index (χ2v) is 3.46. The summed E-state index contributed by atoms with van der Waals surface area (Å²) in [6.07, 6.45) is 0.920. The minimum absolute atomic E-state index is 0.0641. The Hall–Kier alpha value is -1.55. The molecule has 0 radical (unpaired) electrons. The highest BCUT2D eigenvalue weighted by Crippen LogP contribution is 2.22. The summed E-state index contributed by atoms with van der Waals surface area (Å²) in [7, 11) is 1.49. The third-order valence-corrected chi connectivity index (χ3v) is 2.07. The highest BCUT2D eigenvalue weighted by atomic mass is 16.5. The van der Waals surface area contributed by atoms with E-state index in [1.165, 1.54) is 7.11 Å². The van der Waals surface area contributed by atoms with Crippen LogP contribution in [0.3, 0.4) is 0 Å². The maximum atomic E-state index is 11.5. The van der Waals surface area contributed by atoms with Crippen LogP contribution in [-0.2, 0) is 4.74 Å². The predicted octanol–water partition coefficient (Wildman–Crippen LogP) is 1.89. The van der Waals surface area contributed by atoms with Gasteiger partial charge >= 0.3 is 0 Å². The fourth-order valence-corrected chi connectivity index (χ4v) is 1.28. The largest absolute Gasteiger partial charge is 0.491 e. The molecule has 0 aliphatic carbocycles. The molecule has 0 aliphatic rings. The number of rotatable bonds is 6. The van der Waals surface area contributed by atoms with Gasteiger partial charge in [0, 0.05) is 12.7 Å². The summed E-state index contributed by atoms with van der Waals surface area (Å²) < 4.78 is 10.2. The molecule has 1 rings (SSSR count). The van der Waals surface area contributed by atoms with Gasteiger partial charge in [-0.15, -0.1) is 0 Å². The lowest BCUT2D eigenvalue weighted by Gasteiger charge is -2.09. The van der Waals surface area contributed by atoms with Crippen LogP contribution in [0.25, 0.3) is 0 Å². The Labute approximate surface area is 95.3 Å². The zero-order valence-electron chi connectivity index (χ0n) is 9.66. The van der Waals surface area contributed by atoms with E-state index in [4.69, 9.17) is 15.2 Å². The predicted molar refractivity (Wildman–Crippen MR) is 62.8 cm³/mol. The molecule has 4 heteroatoms. The summed E-state index contributed by atoms with van der Waals surface area (Å²) in [6.45, 7) is 2.71. The van der Waals surface area contributed by atoms with Gasteiger partial charge in [0.25, 0.3) is 0 Å². The first-order valence-electron chi connectivity index (χ1n) is 5.23. The second kappa shape index (κ2) is 6.12. The maximum Gasteiger partial charge on any atom is 0.188 e. The SMILES string of the molecule is CCCOc1ccc(C(=O)COC)cc1N. The molecule has 4 nitrogen and oxygen atoms in total. The fraction of sp³-hybridized carbons (Fsp3) is 0.417. The zero-order chi connectivity index (χ0) is 12.0. The van der Waals surface area contributed by atoms with E-state index < -0.39 is 0 Å². The van der Waals surface area contributed by atoms with Crippen molar-refractivity contribution in [3.63, 3.8) is 0 Å². The molecular weight excluding hydrogens is 206 g/mol. The van der Waals surface area contributed by atoms with Crippen molar-refractivity contribution in [2.45, 2.75) is 13.3 Å². The van der Waals surface area contributed by atoms with E-state index in [0.717, 1.165) is 6.42 Å². The molecule has 2 N–H and O–H groups in total. The van der Waals surface area contributed by atoms with E-state index in [0.29, 0.717) is 23.6 Å². The molecule has 0 unspecified atom stereocenters.